The fraction of sp³-hybridized carbons (Fsp3) is 0.655. The topological polar surface area (TPSA) is 175 Å². The molecule has 4 aliphatic carbocycles. The summed E-state index contributed by atoms with van der Waals surface area (Å²) in [5.41, 5.74) is 1.94. The fourth-order valence-corrected chi connectivity index (χ4v) is 7.75. The summed E-state index contributed by atoms with van der Waals surface area (Å²) < 4.78 is 17.6. The zero-order valence-corrected chi connectivity index (χ0v) is 23.8. The third-order valence-electron chi connectivity index (χ3n) is 9.14. The van der Waals surface area contributed by atoms with Gasteiger partial charge in [0.15, 0.2) is 0 Å². The van der Waals surface area contributed by atoms with E-state index in [1.165, 1.54) is 18.9 Å². The van der Waals surface area contributed by atoms with Gasteiger partial charge in [0.25, 0.3) is 0 Å². The highest BCUT2D eigenvalue weighted by Gasteiger charge is 2.57. The first-order valence-corrected chi connectivity index (χ1v) is 14.4. The maximum atomic E-state index is 12.6. The van der Waals surface area contributed by atoms with Gasteiger partial charge in [-0.3, -0.25) is 4.79 Å². The molecule has 0 aromatic heterocycles. The molecule has 1 saturated heterocycles. The Labute approximate surface area is 243 Å². The second kappa shape index (κ2) is 11.7. The number of carbonyl (C=O) groups excluding carboxylic acids is 1. The summed E-state index contributed by atoms with van der Waals surface area (Å²) in [6, 6.07) is 3.63. The largest absolute Gasteiger partial charge is 0.496 e. The molecule has 6 atom stereocenters. The maximum absolute atomic E-state index is 12.6. The highest BCUT2D eigenvalue weighted by atomic mass is 35.5. The highest BCUT2D eigenvalue weighted by molar-refractivity contribution is 6.32. The average Bonchev–Trinajstić information content (AvgIpc) is 2.92. The molecular formula is C29H38ClNO10. The molecule has 0 spiro atoms. The van der Waals surface area contributed by atoms with Crippen LogP contribution in [-0.4, -0.2) is 87.4 Å². The van der Waals surface area contributed by atoms with E-state index in [2.05, 4.69) is 5.32 Å². The summed E-state index contributed by atoms with van der Waals surface area (Å²) in [6.07, 6.45) is -1.64. The van der Waals surface area contributed by atoms with Crippen LogP contribution in [0.4, 0.5) is 0 Å². The molecule has 4 saturated carbocycles. The van der Waals surface area contributed by atoms with Crippen LogP contribution in [0.2, 0.25) is 5.02 Å². The van der Waals surface area contributed by atoms with E-state index in [-0.39, 0.29) is 10.8 Å². The number of carbonyl (C=O) groups is 2. The predicted octanol–water partition coefficient (Wildman–Crippen LogP) is 1.68. The van der Waals surface area contributed by atoms with Gasteiger partial charge < -0.3 is 45.1 Å². The SMILES string of the molecule is COC(=C1C2CC3CC(C2)CC1C3)c1ccc(Cl)c(OC2(C(=O)O)CC(O)C(NC(C)=O)C(C(O)C(O)CO)O2)c1. The van der Waals surface area contributed by atoms with E-state index in [1.54, 1.807) is 25.3 Å². The van der Waals surface area contributed by atoms with Crippen LogP contribution in [0.5, 0.6) is 5.75 Å². The molecule has 1 amide bonds. The number of amides is 1. The van der Waals surface area contributed by atoms with E-state index in [0.717, 1.165) is 43.3 Å². The lowest BCUT2D eigenvalue weighted by Gasteiger charge is -2.51. The molecule has 11 nitrogen and oxygen atoms in total. The smallest absolute Gasteiger partial charge is 0.377 e. The van der Waals surface area contributed by atoms with Crippen molar-refractivity contribution in [2.24, 2.45) is 23.7 Å². The van der Waals surface area contributed by atoms with Crippen molar-refractivity contribution in [3.63, 3.8) is 0 Å². The van der Waals surface area contributed by atoms with Crippen molar-refractivity contribution in [2.75, 3.05) is 13.7 Å². The molecular weight excluding hydrogens is 558 g/mol. The van der Waals surface area contributed by atoms with Gasteiger partial charge in [-0.25, -0.2) is 4.79 Å². The molecule has 6 N–H and O–H groups in total. The second-order valence-corrected chi connectivity index (χ2v) is 12.3. The number of carboxylic acid groups (broad SMARTS) is 1. The van der Waals surface area contributed by atoms with Crippen LogP contribution < -0.4 is 10.1 Å². The molecule has 12 heteroatoms. The molecule has 4 bridgehead atoms. The van der Waals surface area contributed by atoms with Gasteiger partial charge in [0.2, 0.25) is 5.91 Å². The van der Waals surface area contributed by atoms with Crippen LogP contribution in [0.25, 0.3) is 5.76 Å². The first kappa shape index (κ1) is 30.1. The van der Waals surface area contributed by atoms with Crippen LogP contribution in [0.15, 0.2) is 23.8 Å². The summed E-state index contributed by atoms with van der Waals surface area (Å²) >= 11 is 6.47. The van der Waals surface area contributed by atoms with Crippen molar-refractivity contribution in [3.8, 4) is 5.75 Å². The van der Waals surface area contributed by atoms with Crippen molar-refractivity contribution < 1.29 is 49.3 Å². The number of halogens is 1. The zero-order chi connectivity index (χ0) is 29.6. The van der Waals surface area contributed by atoms with Crippen molar-refractivity contribution >= 4 is 29.2 Å². The maximum Gasteiger partial charge on any atom is 0.377 e. The first-order chi connectivity index (χ1) is 19.5. The number of ether oxygens (including phenoxy) is 3. The number of hydrogen-bond donors (Lipinski definition) is 6. The van der Waals surface area contributed by atoms with E-state index in [9.17, 15) is 35.1 Å². The molecule has 1 heterocycles. The number of rotatable bonds is 9. The number of nitrogens with one attached hydrogen (secondary N) is 1. The summed E-state index contributed by atoms with van der Waals surface area (Å²) in [6.45, 7) is 0.293. The molecule has 1 aliphatic heterocycles. The fourth-order valence-electron chi connectivity index (χ4n) is 7.60. The van der Waals surface area contributed by atoms with Crippen molar-refractivity contribution in [1.82, 2.24) is 5.32 Å². The normalized spacial score (nSPS) is 35.5. The van der Waals surface area contributed by atoms with Crippen molar-refractivity contribution in [2.45, 2.75) is 81.7 Å². The van der Waals surface area contributed by atoms with Crippen molar-refractivity contribution in [3.05, 3.63) is 34.4 Å². The third-order valence-corrected chi connectivity index (χ3v) is 9.45. The standard InChI is InChI=1S/C29H38ClNO10/c1-13(33)31-24-20(34)11-29(28(37)38,41-27(24)25(36)21(35)12-32)40-22-10-16(3-4-19(22)30)26(39-2)23-17-6-14-5-15(8-17)9-18(23)7-14/h3-4,10,14-15,17-18,20-21,24-25,27,32,34-36H,5-9,11-12H2,1-2H3,(H,31,33)(H,37,38). The minimum Gasteiger partial charge on any atom is -0.496 e. The molecule has 6 rings (SSSR count). The minimum absolute atomic E-state index is 0.0494. The summed E-state index contributed by atoms with van der Waals surface area (Å²) in [7, 11) is 1.61. The lowest BCUT2D eigenvalue weighted by Crippen LogP contribution is -2.68. The predicted molar refractivity (Wildman–Crippen MR) is 146 cm³/mol. The van der Waals surface area contributed by atoms with E-state index in [1.807, 2.05) is 0 Å². The Morgan fingerprint density at radius 2 is 1.78 bits per heavy atom. The monoisotopic (exact) mass is 595 g/mol. The van der Waals surface area contributed by atoms with Gasteiger partial charge in [-0.15, -0.1) is 0 Å². The number of aliphatic hydroxyl groups is 4. The summed E-state index contributed by atoms with van der Waals surface area (Å²) in [5, 5.41) is 53.9. The Kier molecular flexibility index (Phi) is 8.58. The number of aliphatic hydroxyl groups excluding tert-OH is 4. The number of benzene rings is 1. The van der Waals surface area contributed by atoms with Crippen LogP contribution in [0, 0.1) is 23.7 Å². The minimum atomic E-state index is -2.56. The van der Waals surface area contributed by atoms with Crippen LogP contribution >= 0.6 is 11.6 Å². The molecule has 1 aromatic carbocycles. The second-order valence-electron chi connectivity index (χ2n) is 11.9. The summed E-state index contributed by atoms with van der Waals surface area (Å²) in [5.74, 6) is -1.71. The number of methoxy groups -OCH3 is 1. The zero-order valence-electron chi connectivity index (χ0n) is 23.0. The van der Waals surface area contributed by atoms with Gasteiger partial charge >= 0.3 is 11.8 Å². The Balaban J connectivity index is 1.49. The van der Waals surface area contributed by atoms with E-state index in [0.29, 0.717) is 17.4 Å². The molecule has 41 heavy (non-hydrogen) atoms. The van der Waals surface area contributed by atoms with Crippen LogP contribution in [-0.2, 0) is 19.1 Å². The van der Waals surface area contributed by atoms with Crippen LogP contribution in [0.3, 0.4) is 0 Å². The van der Waals surface area contributed by atoms with E-state index in [4.69, 9.17) is 25.8 Å². The lowest BCUT2D eigenvalue weighted by atomic mass is 9.54. The van der Waals surface area contributed by atoms with Gasteiger partial charge in [-0.2, -0.15) is 0 Å². The molecule has 226 valence electrons. The average molecular weight is 596 g/mol. The number of aliphatic carboxylic acids is 1. The van der Waals surface area contributed by atoms with E-state index < -0.39 is 61.1 Å². The molecule has 0 radical (unpaired) electrons. The Hall–Kier alpha value is -2.41. The number of carboxylic acids is 1. The number of hydrogen-bond acceptors (Lipinski definition) is 9. The highest BCUT2D eigenvalue weighted by Crippen LogP contribution is 2.58. The van der Waals surface area contributed by atoms with Gasteiger partial charge in [0, 0.05) is 12.5 Å². The van der Waals surface area contributed by atoms with Crippen molar-refractivity contribution in [1.29, 1.82) is 0 Å². The van der Waals surface area contributed by atoms with Gasteiger partial charge in [-0.05, 0) is 79.5 Å². The van der Waals surface area contributed by atoms with Crippen LogP contribution in [0.1, 0.15) is 51.0 Å². The molecule has 6 unspecified atom stereocenters. The molecule has 5 aliphatic rings. The number of allylic oxidation sites excluding steroid dienone is 1. The molecule has 5 fully saturated rings. The lowest BCUT2D eigenvalue weighted by molar-refractivity contribution is -0.284. The summed E-state index contributed by atoms with van der Waals surface area (Å²) in [4.78, 5) is 24.4. The first-order valence-electron chi connectivity index (χ1n) is 14.1. The van der Waals surface area contributed by atoms with E-state index >= 15 is 0 Å². The van der Waals surface area contributed by atoms with Gasteiger partial charge in [-0.1, -0.05) is 11.6 Å². The Morgan fingerprint density at radius 3 is 2.32 bits per heavy atom. The van der Waals surface area contributed by atoms with Gasteiger partial charge in [0.05, 0.1) is 37.3 Å². The molecule has 1 aromatic rings. The van der Waals surface area contributed by atoms with Gasteiger partial charge in [0.1, 0.15) is 29.8 Å². The third kappa shape index (κ3) is 5.68. The Morgan fingerprint density at radius 1 is 1.15 bits per heavy atom. The quantitative estimate of drug-likeness (QED) is 0.230. The Bertz CT molecular complexity index is 1180.